The van der Waals surface area contributed by atoms with Crippen LogP contribution in [0.5, 0.6) is 5.75 Å². The van der Waals surface area contributed by atoms with Crippen LogP contribution in [0.1, 0.15) is 36.8 Å². The summed E-state index contributed by atoms with van der Waals surface area (Å²) in [6.45, 7) is 4.85. The second-order valence-corrected chi connectivity index (χ2v) is 11.4. The number of rotatable bonds is 6. The van der Waals surface area contributed by atoms with Crippen molar-refractivity contribution in [2.75, 3.05) is 27.4 Å². The third-order valence-electron chi connectivity index (χ3n) is 7.52. The number of halogens is 1. The summed E-state index contributed by atoms with van der Waals surface area (Å²) < 4.78 is 11.2. The highest BCUT2D eigenvalue weighted by Gasteiger charge is 2.43. The lowest BCUT2D eigenvalue weighted by Gasteiger charge is -2.29. The molecule has 0 spiro atoms. The van der Waals surface area contributed by atoms with Crippen molar-refractivity contribution in [1.82, 2.24) is 30.0 Å². The lowest BCUT2D eigenvalue weighted by Crippen LogP contribution is -2.52. The quantitative estimate of drug-likeness (QED) is 0.416. The molecule has 1 saturated heterocycles. The molecule has 2 aliphatic rings. The molecule has 2 N–H and O–H groups in total. The number of nitrogens with one attached hydrogen (secondary N) is 2. The number of fused-ring (bicyclic) bond motifs is 1. The van der Waals surface area contributed by atoms with E-state index in [-0.39, 0.29) is 31.1 Å². The van der Waals surface area contributed by atoms with Crippen LogP contribution in [0, 0.1) is 5.92 Å². The van der Waals surface area contributed by atoms with E-state index in [1.165, 1.54) is 7.11 Å². The Balaban J connectivity index is 1.42. The number of carbonyl (C=O) groups excluding carboxylic acids is 3. The lowest BCUT2D eigenvalue weighted by molar-refractivity contribution is -0.135. The topological polar surface area (TPSA) is 120 Å². The second kappa shape index (κ2) is 11.8. The zero-order valence-corrected chi connectivity index (χ0v) is 25.0. The number of hydrogen-bond donors (Lipinski definition) is 2. The third-order valence-corrected chi connectivity index (χ3v) is 8.05. The van der Waals surface area contributed by atoms with Gasteiger partial charge in [-0.15, -0.1) is 0 Å². The molecule has 12 heteroatoms. The number of aromatic amines is 1. The van der Waals surface area contributed by atoms with Crippen molar-refractivity contribution in [3.8, 4) is 17.0 Å². The van der Waals surface area contributed by atoms with Gasteiger partial charge in [-0.05, 0) is 29.7 Å². The van der Waals surface area contributed by atoms with Gasteiger partial charge in [0.25, 0.3) is 0 Å². The van der Waals surface area contributed by atoms with E-state index in [1.54, 1.807) is 28.0 Å². The second-order valence-electron chi connectivity index (χ2n) is 10.5. The molecule has 3 heterocycles. The summed E-state index contributed by atoms with van der Waals surface area (Å²) in [4.78, 5) is 52.8. The molecule has 2 aromatic carbocycles. The van der Waals surface area contributed by atoms with Crippen molar-refractivity contribution >= 4 is 34.0 Å². The predicted octanol–water partition coefficient (Wildman–Crippen LogP) is 4.51. The number of amides is 4. The van der Waals surface area contributed by atoms with Crippen LogP contribution in [0.3, 0.4) is 0 Å². The SMILES string of the molecule is COC(=O)NC(C(=O)N1CN(C(=O)N2Cc3cccc(OC)c3C2)C[C@H]1c1nc(-c2ccc(Br)cc2)c[nH]1)C(C)C. The monoisotopic (exact) mass is 624 g/mol. The number of benzene rings is 2. The van der Waals surface area contributed by atoms with Gasteiger partial charge in [0, 0.05) is 28.3 Å². The minimum Gasteiger partial charge on any atom is -0.496 e. The lowest BCUT2D eigenvalue weighted by atomic mass is 10.0. The van der Waals surface area contributed by atoms with E-state index in [0.717, 1.165) is 32.6 Å². The van der Waals surface area contributed by atoms with Gasteiger partial charge in [0.15, 0.2) is 0 Å². The highest BCUT2D eigenvalue weighted by molar-refractivity contribution is 9.10. The Morgan fingerprint density at radius 3 is 2.51 bits per heavy atom. The zero-order chi connectivity index (χ0) is 29.3. The largest absolute Gasteiger partial charge is 0.496 e. The molecule has 0 bridgehead atoms. The van der Waals surface area contributed by atoms with Crippen LogP contribution >= 0.6 is 15.9 Å². The minimum absolute atomic E-state index is 0.0483. The molecule has 0 saturated carbocycles. The fourth-order valence-electron chi connectivity index (χ4n) is 5.32. The summed E-state index contributed by atoms with van der Waals surface area (Å²) in [6.07, 6.45) is 1.10. The van der Waals surface area contributed by atoms with Crippen LogP contribution in [0.15, 0.2) is 53.1 Å². The number of ether oxygens (including phenoxy) is 2. The molecule has 0 radical (unpaired) electrons. The minimum atomic E-state index is -0.846. The molecule has 1 fully saturated rings. The Morgan fingerprint density at radius 1 is 1.07 bits per heavy atom. The summed E-state index contributed by atoms with van der Waals surface area (Å²) in [7, 11) is 2.87. The summed E-state index contributed by atoms with van der Waals surface area (Å²) in [5, 5.41) is 2.66. The van der Waals surface area contributed by atoms with Crippen molar-refractivity contribution < 1.29 is 23.9 Å². The van der Waals surface area contributed by atoms with Crippen LogP contribution in [0.4, 0.5) is 9.59 Å². The Hall–Kier alpha value is -4.06. The van der Waals surface area contributed by atoms with Gasteiger partial charge in [-0.2, -0.15) is 0 Å². The van der Waals surface area contributed by atoms with E-state index in [0.29, 0.717) is 18.9 Å². The maximum atomic E-state index is 13.9. The first-order chi connectivity index (χ1) is 19.7. The zero-order valence-electron chi connectivity index (χ0n) is 23.4. The van der Waals surface area contributed by atoms with Gasteiger partial charge in [-0.25, -0.2) is 14.6 Å². The number of hydrogen-bond acceptors (Lipinski definition) is 6. The third kappa shape index (κ3) is 5.74. The molecule has 2 aliphatic heterocycles. The number of methoxy groups -OCH3 is 2. The normalized spacial score (nSPS) is 17.0. The number of nitrogens with zero attached hydrogens (tertiary/aromatic N) is 4. The smallest absolute Gasteiger partial charge is 0.407 e. The van der Waals surface area contributed by atoms with E-state index in [1.807, 2.05) is 56.3 Å². The number of urea groups is 1. The Bertz CT molecular complexity index is 1440. The van der Waals surface area contributed by atoms with Gasteiger partial charge in [-0.1, -0.05) is 54.0 Å². The highest BCUT2D eigenvalue weighted by atomic mass is 79.9. The molecule has 41 heavy (non-hydrogen) atoms. The molecular formula is C29H33BrN6O5. The molecule has 3 aromatic rings. The molecule has 4 amide bonds. The van der Waals surface area contributed by atoms with Gasteiger partial charge in [0.05, 0.1) is 39.7 Å². The molecule has 2 atom stereocenters. The van der Waals surface area contributed by atoms with Gasteiger partial charge in [0.1, 0.15) is 23.7 Å². The maximum Gasteiger partial charge on any atom is 0.407 e. The average Bonchev–Trinajstić information content (AvgIpc) is 3.73. The maximum absolute atomic E-state index is 13.9. The van der Waals surface area contributed by atoms with Crippen molar-refractivity contribution in [1.29, 1.82) is 0 Å². The molecular weight excluding hydrogens is 592 g/mol. The summed E-state index contributed by atoms with van der Waals surface area (Å²) in [5.74, 6) is 0.762. The number of carbonyl (C=O) groups is 3. The van der Waals surface area contributed by atoms with Crippen molar-refractivity contribution in [3.63, 3.8) is 0 Å². The van der Waals surface area contributed by atoms with E-state index in [4.69, 9.17) is 14.5 Å². The number of alkyl carbamates (subject to hydrolysis) is 1. The van der Waals surface area contributed by atoms with Crippen LogP contribution in [-0.2, 0) is 22.6 Å². The molecule has 0 aliphatic carbocycles. The summed E-state index contributed by atoms with van der Waals surface area (Å²) >= 11 is 3.45. The van der Waals surface area contributed by atoms with E-state index < -0.39 is 18.2 Å². The molecule has 1 aromatic heterocycles. The van der Waals surface area contributed by atoms with Crippen LogP contribution in [-0.4, -0.2) is 76.2 Å². The van der Waals surface area contributed by atoms with E-state index >= 15 is 0 Å². The Morgan fingerprint density at radius 2 is 1.83 bits per heavy atom. The predicted molar refractivity (Wildman–Crippen MR) is 155 cm³/mol. The van der Waals surface area contributed by atoms with Crippen LogP contribution in [0.2, 0.25) is 0 Å². The van der Waals surface area contributed by atoms with Gasteiger partial charge < -0.3 is 34.5 Å². The number of aromatic nitrogens is 2. The van der Waals surface area contributed by atoms with E-state index in [9.17, 15) is 14.4 Å². The van der Waals surface area contributed by atoms with Gasteiger partial charge >= 0.3 is 12.1 Å². The summed E-state index contributed by atoms with van der Waals surface area (Å²) in [6, 6.07) is 12.0. The fourth-order valence-corrected chi connectivity index (χ4v) is 5.58. The number of H-pyrrole nitrogens is 1. The first-order valence-electron chi connectivity index (χ1n) is 13.3. The van der Waals surface area contributed by atoms with Gasteiger partial charge in [-0.3, -0.25) is 4.79 Å². The van der Waals surface area contributed by atoms with Crippen molar-refractivity contribution in [3.05, 3.63) is 70.1 Å². The fraction of sp³-hybridized carbons (Fsp3) is 0.379. The molecule has 1 unspecified atom stereocenters. The van der Waals surface area contributed by atoms with Crippen molar-refractivity contribution in [2.24, 2.45) is 5.92 Å². The summed E-state index contributed by atoms with van der Waals surface area (Å²) in [5.41, 5.74) is 3.66. The average molecular weight is 626 g/mol. The highest BCUT2D eigenvalue weighted by Crippen LogP contribution is 2.34. The van der Waals surface area contributed by atoms with Crippen LogP contribution in [0.25, 0.3) is 11.3 Å². The van der Waals surface area contributed by atoms with Crippen molar-refractivity contribution in [2.45, 2.75) is 39.0 Å². The van der Waals surface area contributed by atoms with E-state index in [2.05, 4.69) is 26.2 Å². The van der Waals surface area contributed by atoms with Crippen LogP contribution < -0.4 is 10.1 Å². The standard InChI is InChI=1S/C29H33BrN6O5/c1-17(2)25(33-28(38)41-4)27(37)36-16-35(29(39)34-13-19-6-5-7-24(40-3)21(19)14-34)15-23(36)26-31-12-22(32-26)18-8-10-20(30)11-9-18/h5-12,17,23,25H,13-16H2,1-4H3,(H,31,32)(H,33,38)/t23-,25?/m0/s1. The first kappa shape index (κ1) is 28.5. The first-order valence-corrected chi connectivity index (χ1v) is 14.1. The Labute approximate surface area is 246 Å². The Kier molecular flexibility index (Phi) is 8.20. The molecule has 216 valence electrons. The molecule has 11 nitrogen and oxygen atoms in total. The molecule has 5 rings (SSSR count). The van der Waals surface area contributed by atoms with Gasteiger partial charge in [0.2, 0.25) is 5.91 Å². The number of imidazole rings is 1.